The first-order valence-electron chi connectivity index (χ1n) is 6.92. The van der Waals surface area contributed by atoms with Crippen molar-refractivity contribution in [3.05, 3.63) is 48.0 Å². The molecule has 2 aromatic heterocycles. The first-order valence-corrected chi connectivity index (χ1v) is 6.92. The number of nitrogens with zero attached hydrogens (tertiary/aromatic N) is 3. The van der Waals surface area contributed by atoms with E-state index in [4.69, 9.17) is 0 Å². The second-order valence-electron chi connectivity index (χ2n) is 5.31. The van der Waals surface area contributed by atoms with Gasteiger partial charge in [0.1, 0.15) is 5.69 Å². The zero-order chi connectivity index (χ0) is 16.2. The molecule has 0 aliphatic carbocycles. The zero-order valence-corrected chi connectivity index (χ0v) is 12.0. The normalized spacial score (nSPS) is 12.3. The molecule has 0 atom stereocenters. The minimum atomic E-state index is -4.38. The summed E-state index contributed by atoms with van der Waals surface area (Å²) in [6.07, 6.45) is -4.38. The lowest BCUT2D eigenvalue weighted by molar-refractivity contribution is -0.137. The highest BCUT2D eigenvalue weighted by Crippen LogP contribution is 2.34. The van der Waals surface area contributed by atoms with Crippen LogP contribution in [0.2, 0.25) is 0 Å². The van der Waals surface area contributed by atoms with Gasteiger partial charge in [0.2, 0.25) is 0 Å². The van der Waals surface area contributed by atoms with Crippen molar-refractivity contribution in [3.8, 4) is 11.5 Å². The SMILES string of the molecule is Cn1c(-c2n[nH]c3cc(C(F)(F)F)ccc23)nc2ccccc21. The zero-order valence-electron chi connectivity index (χ0n) is 12.0. The van der Waals surface area contributed by atoms with E-state index in [2.05, 4.69) is 15.2 Å². The molecule has 2 heterocycles. The molecule has 0 radical (unpaired) electrons. The Kier molecular flexibility index (Phi) is 2.75. The Bertz CT molecular complexity index is 1030. The van der Waals surface area contributed by atoms with Crippen LogP contribution < -0.4 is 0 Å². The van der Waals surface area contributed by atoms with Gasteiger partial charge in [0.05, 0.1) is 22.1 Å². The van der Waals surface area contributed by atoms with Crippen LogP contribution in [-0.2, 0) is 13.2 Å². The van der Waals surface area contributed by atoms with Gasteiger partial charge in [0.25, 0.3) is 0 Å². The van der Waals surface area contributed by atoms with Crippen LogP contribution in [-0.4, -0.2) is 19.7 Å². The number of para-hydroxylation sites is 2. The highest BCUT2D eigenvalue weighted by Gasteiger charge is 2.31. The average molecular weight is 316 g/mol. The third-order valence-electron chi connectivity index (χ3n) is 3.89. The predicted molar refractivity (Wildman–Crippen MR) is 80.8 cm³/mol. The molecule has 0 spiro atoms. The Morgan fingerprint density at radius 2 is 1.87 bits per heavy atom. The maximum absolute atomic E-state index is 12.8. The number of hydrogen-bond donors (Lipinski definition) is 1. The van der Waals surface area contributed by atoms with Crippen molar-refractivity contribution in [3.63, 3.8) is 0 Å². The van der Waals surface area contributed by atoms with Crippen molar-refractivity contribution in [1.29, 1.82) is 0 Å². The van der Waals surface area contributed by atoms with E-state index in [1.54, 1.807) is 0 Å². The summed E-state index contributed by atoms with van der Waals surface area (Å²) in [5.41, 5.74) is 1.91. The molecule has 0 saturated carbocycles. The smallest absolute Gasteiger partial charge is 0.326 e. The molecule has 23 heavy (non-hydrogen) atoms. The van der Waals surface area contributed by atoms with E-state index in [-0.39, 0.29) is 0 Å². The molecule has 0 amide bonds. The van der Waals surface area contributed by atoms with Crippen LogP contribution in [0.15, 0.2) is 42.5 Å². The molecule has 0 bridgehead atoms. The van der Waals surface area contributed by atoms with Crippen LogP contribution in [0, 0.1) is 0 Å². The fraction of sp³-hybridized carbons (Fsp3) is 0.125. The van der Waals surface area contributed by atoms with E-state index in [9.17, 15) is 13.2 Å². The Balaban J connectivity index is 1.93. The number of halogens is 3. The summed E-state index contributed by atoms with van der Waals surface area (Å²) in [7, 11) is 1.86. The number of rotatable bonds is 1. The van der Waals surface area contributed by atoms with Gasteiger partial charge in [-0.25, -0.2) is 4.98 Å². The van der Waals surface area contributed by atoms with Gasteiger partial charge in [-0.2, -0.15) is 18.3 Å². The number of aromatic nitrogens is 4. The van der Waals surface area contributed by atoms with Gasteiger partial charge in [-0.05, 0) is 30.3 Å². The molecular formula is C16H11F3N4. The molecule has 0 unspecified atom stereocenters. The Labute approximate surface area is 128 Å². The summed E-state index contributed by atoms with van der Waals surface area (Å²) >= 11 is 0. The maximum Gasteiger partial charge on any atom is 0.416 e. The molecule has 4 nitrogen and oxygen atoms in total. The van der Waals surface area contributed by atoms with Gasteiger partial charge < -0.3 is 4.57 Å². The molecule has 0 aliphatic rings. The van der Waals surface area contributed by atoms with Crippen molar-refractivity contribution >= 4 is 21.9 Å². The average Bonchev–Trinajstić information content (AvgIpc) is 3.07. The number of H-pyrrole nitrogens is 1. The monoisotopic (exact) mass is 316 g/mol. The summed E-state index contributed by atoms with van der Waals surface area (Å²) in [6, 6.07) is 11.2. The largest absolute Gasteiger partial charge is 0.416 e. The van der Waals surface area contributed by atoms with Crippen LogP contribution >= 0.6 is 0 Å². The van der Waals surface area contributed by atoms with Crippen molar-refractivity contribution in [2.24, 2.45) is 7.05 Å². The fourth-order valence-corrected chi connectivity index (χ4v) is 2.72. The van der Waals surface area contributed by atoms with Crippen LogP contribution in [0.4, 0.5) is 13.2 Å². The number of hydrogen-bond acceptors (Lipinski definition) is 2. The quantitative estimate of drug-likeness (QED) is 0.574. The van der Waals surface area contributed by atoms with Crippen LogP contribution in [0.5, 0.6) is 0 Å². The molecule has 0 aliphatic heterocycles. The molecule has 0 saturated heterocycles. The molecule has 4 rings (SSSR count). The van der Waals surface area contributed by atoms with Gasteiger partial charge in [0, 0.05) is 12.4 Å². The Morgan fingerprint density at radius 1 is 1.09 bits per heavy atom. The van der Waals surface area contributed by atoms with E-state index in [0.29, 0.717) is 22.4 Å². The lowest BCUT2D eigenvalue weighted by Crippen LogP contribution is -2.04. The van der Waals surface area contributed by atoms with Crippen LogP contribution in [0.25, 0.3) is 33.5 Å². The van der Waals surface area contributed by atoms with Crippen molar-refractivity contribution < 1.29 is 13.2 Å². The summed E-state index contributed by atoms with van der Waals surface area (Å²) in [4.78, 5) is 4.53. The first-order chi connectivity index (χ1) is 10.9. The summed E-state index contributed by atoms with van der Waals surface area (Å²) in [5, 5.41) is 7.44. The summed E-state index contributed by atoms with van der Waals surface area (Å²) in [6.45, 7) is 0. The molecular weight excluding hydrogens is 305 g/mol. The van der Waals surface area contributed by atoms with E-state index in [0.717, 1.165) is 23.2 Å². The molecule has 1 N–H and O–H groups in total. The van der Waals surface area contributed by atoms with E-state index >= 15 is 0 Å². The minimum Gasteiger partial charge on any atom is -0.326 e. The van der Waals surface area contributed by atoms with E-state index in [1.165, 1.54) is 6.07 Å². The number of fused-ring (bicyclic) bond motifs is 2. The highest BCUT2D eigenvalue weighted by atomic mass is 19.4. The number of imidazole rings is 1. The number of aromatic amines is 1. The lowest BCUT2D eigenvalue weighted by Gasteiger charge is -2.06. The second-order valence-corrected chi connectivity index (χ2v) is 5.31. The van der Waals surface area contributed by atoms with Gasteiger partial charge in [-0.15, -0.1) is 0 Å². The van der Waals surface area contributed by atoms with E-state index in [1.807, 2.05) is 35.9 Å². The summed E-state index contributed by atoms with van der Waals surface area (Å²) < 4.78 is 40.3. The first kappa shape index (κ1) is 13.8. The molecule has 2 aromatic carbocycles. The molecule has 7 heteroatoms. The molecule has 4 aromatic rings. The van der Waals surface area contributed by atoms with Crippen LogP contribution in [0.1, 0.15) is 5.56 Å². The van der Waals surface area contributed by atoms with Crippen LogP contribution in [0.3, 0.4) is 0 Å². The summed E-state index contributed by atoms with van der Waals surface area (Å²) in [5.74, 6) is 0.609. The Morgan fingerprint density at radius 3 is 2.61 bits per heavy atom. The van der Waals surface area contributed by atoms with Crippen molar-refractivity contribution in [2.45, 2.75) is 6.18 Å². The number of alkyl halides is 3. The van der Waals surface area contributed by atoms with Gasteiger partial charge in [0.15, 0.2) is 5.82 Å². The predicted octanol–water partition coefficient (Wildman–Crippen LogP) is 4.14. The lowest BCUT2D eigenvalue weighted by atomic mass is 10.1. The van der Waals surface area contributed by atoms with Gasteiger partial charge in [-0.3, -0.25) is 5.10 Å². The second kappa shape index (κ2) is 4.58. The standard InChI is InChI=1S/C16H11F3N4/c1-23-13-5-3-2-4-11(13)20-15(23)14-10-7-6-9(16(17,18)19)8-12(10)21-22-14/h2-8H,1H3,(H,21,22). The van der Waals surface area contributed by atoms with Crippen molar-refractivity contribution in [2.75, 3.05) is 0 Å². The van der Waals surface area contributed by atoms with E-state index < -0.39 is 11.7 Å². The minimum absolute atomic E-state index is 0.335. The highest BCUT2D eigenvalue weighted by molar-refractivity contribution is 5.93. The number of nitrogens with one attached hydrogen (secondary N) is 1. The third-order valence-corrected chi connectivity index (χ3v) is 3.89. The molecule has 0 fully saturated rings. The number of benzene rings is 2. The topological polar surface area (TPSA) is 46.5 Å². The fourth-order valence-electron chi connectivity index (χ4n) is 2.72. The third kappa shape index (κ3) is 2.08. The number of aryl methyl sites for hydroxylation is 1. The van der Waals surface area contributed by atoms with Gasteiger partial charge >= 0.3 is 6.18 Å². The molecule has 116 valence electrons. The van der Waals surface area contributed by atoms with Gasteiger partial charge in [-0.1, -0.05) is 12.1 Å². The Hall–Kier alpha value is -2.83. The van der Waals surface area contributed by atoms with Crippen molar-refractivity contribution in [1.82, 2.24) is 19.7 Å². The maximum atomic E-state index is 12.8.